The summed E-state index contributed by atoms with van der Waals surface area (Å²) in [5.41, 5.74) is 0.259. The van der Waals surface area contributed by atoms with Crippen molar-refractivity contribution in [3.63, 3.8) is 0 Å². The van der Waals surface area contributed by atoms with E-state index in [1.54, 1.807) is 0 Å². The van der Waals surface area contributed by atoms with Crippen molar-refractivity contribution < 1.29 is 14.3 Å². The zero-order valence-electron chi connectivity index (χ0n) is 18.1. The van der Waals surface area contributed by atoms with Crippen LogP contribution in [-0.4, -0.2) is 29.8 Å². The van der Waals surface area contributed by atoms with E-state index < -0.39 is 18.9 Å². The van der Waals surface area contributed by atoms with Crippen LogP contribution in [0, 0.1) is 40.1 Å². The summed E-state index contributed by atoms with van der Waals surface area (Å²) in [5.74, 6) is 1.94. The second-order valence-electron chi connectivity index (χ2n) is 11.1. The lowest BCUT2D eigenvalue weighted by Gasteiger charge is -2.59. The van der Waals surface area contributed by atoms with Gasteiger partial charge in [-0.3, -0.25) is 4.79 Å². The number of hydrogen-bond donors (Lipinski definition) is 1. The van der Waals surface area contributed by atoms with Gasteiger partial charge >= 0.3 is 0 Å². The monoisotopic (exact) mass is 435 g/mol. The molecule has 0 spiro atoms. The number of hydrogen-bond acceptors (Lipinski definition) is 4. The third-order valence-electron chi connectivity index (χ3n) is 9.49. The minimum atomic E-state index is -2.56. The van der Waals surface area contributed by atoms with Crippen LogP contribution in [-0.2, 0) is 9.22 Å². The predicted molar refractivity (Wildman–Crippen MR) is 115 cm³/mol. The maximum Gasteiger partial charge on any atom is 0.282 e. The number of carbonyl (C=O) groups excluding carboxylic acids is 1. The standard InChI is InChI=1S/C23H34ClNO3Si/c1-21-10-7-16(26)13-15(21)5-6-17-18(21)8-11-22(2)19(17)9-12-23(22,27)20(24)29(3,4)28-14-25/h5,17-20,27H,6-13H2,1-4H3/t17?,18?,19?,20?,21-,22-,23-/m0/s1. The van der Waals surface area contributed by atoms with Crippen molar-refractivity contribution in [2.45, 2.75) is 88.9 Å². The van der Waals surface area contributed by atoms with Gasteiger partial charge in [0.25, 0.3) is 14.6 Å². The normalized spacial score (nSPS) is 45.3. The summed E-state index contributed by atoms with van der Waals surface area (Å²) in [6.45, 7) is 8.49. The maximum absolute atomic E-state index is 12.0. The van der Waals surface area contributed by atoms with E-state index >= 15 is 0 Å². The number of allylic oxidation sites excluding steroid dienone is 2. The van der Waals surface area contributed by atoms with Crippen molar-refractivity contribution in [2.75, 3.05) is 0 Å². The maximum atomic E-state index is 12.0. The van der Waals surface area contributed by atoms with Crippen LogP contribution in [0.2, 0.25) is 13.1 Å². The van der Waals surface area contributed by atoms with Crippen LogP contribution in [0.15, 0.2) is 11.6 Å². The first kappa shape index (κ1) is 21.4. The predicted octanol–water partition coefficient (Wildman–Crippen LogP) is 5.10. The number of halogens is 1. The van der Waals surface area contributed by atoms with Crippen LogP contribution in [0.3, 0.4) is 0 Å². The van der Waals surface area contributed by atoms with Crippen LogP contribution >= 0.6 is 11.6 Å². The molecule has 1 N–H and O–H groups in total. The van der Waals surface area contributed by atoms with Crippen molar-refractivity contribution in [1.29, 1.82) is 5.26 Å². The molecule has 0 aromatic rings. The highest BCUT2D eigenvalue weighted by Gasteiger charge is 2.68. The molecule has 4 aliphatic rings. The smallest absolute Gasteiger partial charge is 0.282 e. The molecular weight excluding hydrogens is 402 g/mol. The van der Waals surface area contributed by atoms with E-state index in [4.69, 9.17) is 21.3 Å². The fraction of sp³-hybridized carbons (Fsp3) is 0.826. The number of nitriles is 1. The molecule has 0 aliphatic heterocycles. The van der Waals surface area contributed by atoms with Gasteiger partial charge in [0.15, 0.2) is 0 Å². The molecule has 0 aromatic carbocycles. The molecule has 0 radical (unpaired) electrons. The molecule has 29 heavy (non-hydrogen) atoms. The van der Waals surface area contributed by atoms with Crippen LogP contribution in [0.1, 0.15) is 65.2 Å². The van der Waals surface area contributed by atoms with Crippen LogP contribution in [0.4, 0.5) is 0 Å². The van der Waals surface area contributed by atoms with Crippen molar-refractivity contribution >= 4 is 25.7 Å². The second-order valence-corrected chi connectivity index (χ2v) is 15.8. The van der Waals surface area contributed by atoms with E-state index in [1.165, 1.54) is 5.57 Å². The number of aliphatic hydroxyl groups is 1. The molecule has 4 unspecified atom stereocenters. The summed E-state index contributed by atoms with van der Waals surface area (Å²) >= 11 is 6.92. The Balaban J connectivity index is 1.66. The molecule has 4 nitrogen and oxygen atoms in total. The Hall–Kier alpha value is -0.833. The second kappa shape index (κ2) is 6.84. The third kappa shape index (κ3) is 2.89. The van der Waals surface area contributed by atoms with Gasteiger partial charge in [0, 0.05) is 18.3 Å². The minimum absolute atomic E-state index is 0.136. The summed E-state index contributed by atoms with van der Waals surface area (Å²) in [4.78, 5) is 12.0. The van der Waals surface area contributed by atoms with E-state index in [2.05, 4.69) is 19.9 Å². The van der Waals surface area contributed by atoms with E-state index in [1.807, 2.05) is 19.3 Å². The van der Waals surface area contributed by atoms with Crippen molar-refractivity contribution in [3.8, 4) is 6.26 Å². The van der Waals surface area contributed by atoms with Gasteiger partial charge in [-0.05, 0) is 74.8 Å². The largest absolute Gasteiger partial charge is 0.481 e. The van der Waals surface area contributed by atoms with Gasteiger partial charge in [0.1, 0.15) is 5.78 Å². The lowest BCUT2D eigenvalue weighted by atomic mass is 9.47. The van der Waals surface area contributed by atoms with E-state index in [9.17, 15) is 9.90 Å². The highest BCUT2D eigenvalue weighted by molar-refractivity contribution is 6.80. The Morgan fingerprint density at radius 2 is 1.97 bits per heavy atom. The molecule has 3 saturated carbocycles. The van der Waals surface area contributed by atoms with E-state index in [-0.39, 0.29) is 10.8 Å². The number of alkyl halides is 1. The van der Waals surface area contributed by atoms with E-state index in [0.717, 1.165) is 32.1 Å². The molecule has 0 saturated heterocycles. The van der Waals surface area contributed by atoms with Gasteiger partial charge in [0.05, 0.1) is 10.6 Å². The lowest BCUT2D eigenvalue weighted by molar-refractivity contribution is -0.127. The number of nitrogens with zero attached hydrogens (tertiary/aromatic N) is 1. The van der Waals surface area contributed by atoms with Crippen molar-refractivity contribution in [3.05, 3.63) is 11.6 Å². The van der Waals surface area contributed by atoms with Crippen molar-refractivity contribution in [1.82, 2.24) is 0 Å². The first-order chi connectivity index (χ1) is 13.5. The first-order valence-corrected chi connectivity index (χ1v) is 14.6. The number of fused-ring (bicyclic) bond motifs is 5. The number of carbonyl (C=O) groups is 1. The molecule has 160 valence electrons. The van der Waals surface area contributed by atoms with Crippen LogP contribution in [0.5, 0.6) is 0 Å². The molecular formula is C23H34ClNO3Si. The zero-order valence-corrected chi connectivity index (χ0v) is 19.9. The quantitative estimate of drug-likeness (QED) is 0.290. The highest BCUT2D eigenvalue weighted by Crippen LogP contribution is 2.68. The van der Waals surface area contributed by atoms with Crippen molar-refractivity contribution in [2.24, 2.45) is 28.6 Å². The fourth-order valence-corrected chi connectivity index (χ4v) is 10.1. The Bertz CT molecular complexity index is 791. The van der Waals surface area contributed by atoms with Gasteiger partial charge in [-0.15, -0.1) is 11.6 Å². The Labute approximate surface area is 180 Å². The highest BCUT2D eigenvalue weighted by atomic mass is 35.5. The average Bonchev–Trinajstić information content (AvgIpc) is 2.94. The zero-order chi connectivity index (χ0) is 21.2. The molecule has 3 fully saturated rings. The number of Topliss-reactive ketones (excluding diaryl/α,β-unsaturated/α-hetero) is 1. The molecule has 0 bridgehead atoms. The molecule has 7 atom stereocenters. The summed E-state index contributed by atoms with van der Waals surface area (Å²) in [6.07, 6.45) is 11.2. The lowest BCUT2D eigenvalue weighted by Crippen LogP contribution is -2.63. The van der Waals surface area contributed by atoms with Gasteiger partial charge in [0.2, 0.25) is 0 Å². The molecule has 4 rings (SSSR count). The number of ketones is 1. The Morgan fingerprint density at radius 3 is 2.66 bits per heavy atom. The topological polar surface area (TPSA) is 70.3 Å². The van der Waals surface area contributed by atoms with Gasteiger partial charge in [-0.2, -0.15) is 5.26 Å². The number of rotatable bonds is 3. The molecule has 0 aromatic heterocycles. The van der Waals surface area contributed by atoms with Crippen LogP contribution < -0.4 is 0 Å². The summed E-state index contributed by atoms with van der Waals surface area (Å²) in [7, 11) is -2.56. The van der Waals surface area contributed by atoms with Crippen LogP contribution in [0.25, 0.3) is 0 Å². The summed E-state index contributed by atoms with van der Waals surface area (Å²) in [5, 5.41) is 20.5. The third-order valence-corrected chi connectivity index (χ3v) is 13.7. The molecule has 0 heterocycles. The molecule has 6 heteroatoms. The van der Waals surface area contributed by atoms with E-state index in [0.29, 0.717) is 42.8 Å². The van der Waals surface area contributed by atoms with Gasteiger partial charge in [-0.25, -0.2) is 0 Å². The molecule has 4 aliphatic carbocycles. The fourth-order valence-electron chi connectivity index (χ4n) is 7.69. The first-order valence-electron chi connectivity index (χ1n) is 11.1. The SMILES string of the molecule is C[C@]12CCC(=O)CC1=CCC1C2CC[C@@]2(C)C1CC[C@]2(O)C(Cl)[Si](C)(C)OC#N. The summed E-state index contributed by atoms with van der Waals surface area (Å²) in [6, 6.07) is 0. The Morgan fingerprint density at radius 1 is 1.28 bits per heavy atom. The Kier molecular flexibility index (Phi) is 5.04. The molecule has 0 amide bonds. The van der Waals surface area contributed by atoms with Gasteiger partial charge < -0.3 is 9.53 Å². The average molecular weight is 436 g/mol. The van der Waals surface area contributed by atoms with Gasteiger partial charge in [-0.1, -0.05) is 25.5 Å². The minimum Gasteiger partial charge on any atom is -0.481 e. The summed E-state index contributed by atoms with van der Waals surface area (Å²) < 4.78 is 5.41.